The number of anilines is 1. The largest absolute Gasteiger partial charge is 0.433 e. The highest BCUT2D eigenvalue weighted by Crippen LogP contribution is 2.35. The van der Waals surface area contributed by atoms with Gasteiger partial charge in [-0.25, -0.2) is 0 Å². The lowest BCUT2D eigenvalue weighted by Gasteiger charge is -2.28. The van der Waals surface area contributed by atoms with E-state index in [9.17, 15) is 22.8 Å². The zero-order chi connectivity index (χ0) is 30.4. The second-order valence-corrected chi connectivity index (χ2v) is 10.6. The first-order valence-corrected chi connectivity index (χ1v) is 14.0. The number of nitrogens with one attached hydrogen (secondary N) is 3. The quantitative estimate of drug-likeness (QED) is 0.225. The fourth-order valence-corrected chi connectivity index (χ4v) is 5.34. The number of nitrogens with zero attached hydrogens (tertiary/aromatic N) is 4. The molecule has 13 heteroatoms. The van der Waals surface area contributed by atoms with E-state index in [4.69, 9.17) is 5.73 Å². The average Bonchev–Trinajstić information content (AvgIpc) is 3.56. The number of hydrogen-bond donors (Lipinski definition) is 4. The molecule has 1 unspecified atom stereocenters. The van der Waals surface area contributed by atoms with E-state index in [2.05, 4.69) is 36.2 Å². The average molecular weight is 593 g/mol. The molecule has 0 saturated heterocycles. The minimum absolute atomic E-state index is 0.0616. The third-order valence-electron chi connectivity index (χ3n) is 7.69. The molecule has 10 nitrogen and oxygen atoms in total. The highest BCUT2D eigenvalue weighted by Gasteiger charge is 2.35. The molecule has 4 aromatic rings. The standard InChI is InChI=1S/C30H31F3N8O2/c31-30(32,33)26-24(5-2-14-35-26)22-4-1-3-19(15-22)16-25(37-28(42)21-8-6-18(17-34)7-9-21)29(43)36-23-12-10-20(11-13-23)27-38-40-41-39-27/h1-5,10-15,18,21,25H,6-9,16-17,34H2,(H,36,43)(H,37,42)(H,38,39,40,41). The van der Waals surface area contributed by atoms with Crippen LogP contribution in [0.4, 0.5) is 18.9 Å². The molecule has 0 bridgehead atoms. The molecular formula is C30H31F3N8O2. The topological polar surface area (TPSA) is 152 Å². The number of hydrogen-bond acceptors (Lipinski definition) is 7. The molecule has 2 aromatic carbocycles. The minimum Gasteiger partial charge on any atom is -0.344 e. The van der Waals surface area contributed by atoms with Crippen molar-refractivity contribution in [3.8, 4) is 22.5 Å². The van der Waals surface area contributed by atoms with Gasteiger partial charge in [0, 0.05) is 35.3 Å². The van der Waals surface area contributed by atoms with Crippen molar-refractivity contribution in [1.29, 1.82) is 0 Å². The van der Waals surface area contributed by atoms with Crippen LogP contribution in [0.5, 0.6) is 0 Å². The van der Waals surface area contributed by atoms with Crippen LogP contribution in [0.1, 0.15) is 36.9 Å². The van der Waals surface area contributed by atoms with Crippen LogP contribution >= 0.6 is 0 Å². The normalized spacial score (nSPS) is 17.7. The molecule has 1 atom stereocenters. The van der Waals surface area contributed by atoms with Crippen molar-refractivity contribution in [2.24, 2.45) is 17.6 Å². The molecule has 43 heavy (non-hydrogen) atoms. The summed E-state index contributed by atoms with van der Waals surface area (Å²) in [6.45, 7) is 0.578. The van der Waals surface area contributed by atoms with Crippen LogP contribution in [0.2, 0.25) is 0 Å². The number of aromatic amines is 1. The molecule has 2 aromatic heterocycles. The van der Waals surface area contributed by atoms with Gasteiger partial charge in [0.05, 0.1) is 0 Å². The Bertz CT molecular complexity index is 1540. The third-order valence-corrected chi connectivity index (χ3v) is 7.69. The number of aromatic nitrogens is 5. The summed E-state index contributed by atoms with van der Waals surface area (Å²) in [5.74, 6) is -0.154. The van der Waals surface area contributed by atoms with E-state index in [0.717, 1.165) is 19.0 Å². The molecule has 5 rings (SSSR count). The number of carbonyl (C=O) groups excluding carboxylic acids is 2. The summed E-state index contributed by atoms with van der Waals surface area (Å²) in [6, 6.07) is 15.1. The number of nitrogens with two attached hydrogens (primary N) is 1. The van der Waals surface area contributed by atoms with Crippen LogP contribution in [-0.2, 0) is 22.2 Å². The lowest BCUT2D eigenvalue weighted by atomic mass is 9.81. The lowest BCUT2D eigenvalue weighted by molar-refractivity contribution is -0.140. The predicted molar refractivity (Wildman–Crippen MR) is 153 cm³/mol. The van der Waals surface area contributed by atoms with Crippen molar-refractivity contribution in [3.05, 3.63) is 78.1 Å². The fraction of sp³-hybridized carbons (Fsp3) is 0.333. The van der Waals surface area contributed by atoms with Gasteiger partial charge in [0.2, 0.25) is 17.6 Å². The molecule has 0 spiro atoms. The molecule has 1 saturated carbocycles. The number of tetrazole rings is 1. The molecule has 1 fully saturated rings. The zero-order valence-corrected chi connectivity index (χ0v) is 23.1. The summed E-state index contributed by atoms with van der Waals surface area (Å²) in [6.07, 6.45) is -0.439. The second kappa shape index (κ2) is 13.1. The first-order chi connectivity index (χ1) is 20.7. The summed E-state index contributed by atoms with van der Waals surface area (Å²) >= 11 is 0. The predicted octanol–water partition coefficient (Wildman–Crippen LogP) is 4.38. The van der Waals surface area contributed by atoms with Crippen LogP contribution in [0.3, 0.4) is 0 Å². The number of amides is 2. The molecule has 5 N–H and O–H groups in total. The monoisotopic (exact) mass is 592 g/mol. The van der Waals surface area contributed by atoms with Gasteiger partial charge < -0.3 is 16.4 Å². The summed E-state index contributed by atoms with van der Waals surface area (Å²) in [4.78, 5) is 30.4. The van der Waals surface area contributed by atoms with Crippen molar-refractivity contribution in [2.45, 2.75) is 44.3 Å². The van der Waals surface area contributed by atoms with Crippen LogP contribution in [0.25, 0.3) is 22.5 Å². The van der Waals surface area contributed by atoms with Crippen molar-refractivity contribution >= 4 is 17.5 Å². The number of rotatable bonds is 9. The van der Waals surface area contributed by atoms with Gasteiger partial charge in [0.15, 0.2) is 5.69 Å². The van der Waals surface area contributed by atoms with Crippen LogP contribution in [0.15, 0.2) is 66.9 Å². The van der Waals surface area contributed by atoms with Gasteiger partial charge in [-0.3, -0.25) is 14.6 Å². The van der Waals surface area contributed by atoms with Crippen molar-refractivity contribution in [2.75, 3.05) is 11.9 Å². The maximum Gasteiger partial charge on any atom is 0.433 e. The Balaban J connectivity index is 1.37. The number of carbonyl (C=O) groups is 2. The Morgan fingerprint density at radius 2 is 1.77 bits per heavy atom. The van der Waals surface area contributed by atoms with Crippen molar-refractivity contribution in [1.82, 2.24) is 30.9 Å². The first-order valence-electron chi connectivity index (χ1n) is 14.0. The van der Waals surface area contributed by atoms with Gasteiger partial charge in [-0.05, 0) is 84.8 Å². The van der Waals surface area contributed by atoms with E-state index in [1.54, 1.807) is 48.5 Å². The number of benzene rings is 2. The summed E-state index contributed by atoms with van der Waals surface area (Å²) < 4.78 is 40.9. The van der Waals surface area contributed by atoms with E-state index in [0.29, 0.717) is 53.5 Å². The van der Waals surface area contributed by atoms with E-state index in [1.165, 1.54) is 12.1 Å². The summed E-state index contributed by atoms with van der Waals surface area (Å²) in [7, 11) is 0. The lowest BCUT2D eigenvalue weighted by Crippen LogP contribution is -2.48. The third kappa shape index (κ3) is 7.41. The van der Waals surface area contributed by atoms with Gasteiger partial charge >= 0.3 is 6.18 Å². The molecule has 2 amide bonds. The van der Waals surface area contributed by atoms with Gasteiger partial charge in [-0.2, -0.15) is 18.4 Å². The Labute approximate surface area is 245 Å². The van der Waals surface area contributed by atoms with Gasteiger partial charge in [-0.1, -0.05) is 30.3 Å². The molecule has 1 aliphatic rings. The number of pyridine rings is 1. The van der Waals surface area contributed by atoms with Gasteiger partial charge in [0.1, 0.15) is 6.04 Å². The van der Waals surface area contributed by atoms with E-state index in [-0.39, 0.29) is 23.8 Å². The highest BCUT2D eigenvalue weighted by molar-refractivity contribution is 5.97. The van der Waals surface area contributed by atoms with E-state index >= 15 is 0 Å². The van der Waals surface area contributed by atoms with Crippen molar-refractivity contribution in [3.63, 3.8) is 0 Å². The van der Waals surface area contributed by atoms with E-state index in [1.807, 2.05) is 0 Å². The first kappa shape index (κ1) is 29.8. The number of halogens is 3. The molecule has 0 radical (unpaired) electrons. The Morgan fingerprint density at radius 1 is 1.00 bits per heavy atom. The number of alkyl halides is 3. The molecule has 224 valence electrons. The second-order valence-electron chi connectivity index (χ2n) is 10.6. The van der Waals surface area contributed by atoms with Gasteiger partial charge in [-0.15, -0.1) is 10.2 Å². The smallest absolute Gasteiger partial charge is 0.344 e. The van der Waals surface area contributed by atoms with E-state index < -0.39 is 23.8 Å². The summed E-state index contributed by atoms with van der Waals surface area (Å²) in [5.41, 5.74) is 6.79. The Hall–Kier alpha value is -4.65. The minimum atomic E-state index is -4.63. The Kier molecular flexibility index (Phi) is 9.10. The summed E-state index contributed by atoms with van der Waals surface area (Å²) in [5, 5.41) is 19.5. The maximum atomic E-state index is 13.6. The van der Waals surface area contributed by atoms with Crippen molar-refractivity contribution < 1.29 is 22.8 Å². The maximum absolute atomic E-state index is 13.6. The fourth-order valence-electron chi connectivity index (χ4n) is 5.34. The molecule has 2 heterocycles. The SMILES string of the molecule is NCC1CCC(C(=O)NC(Cc2cccc(-c3cccnc3C(F)(F)F)c2)C(=O)Nc2ccc(-c3nn[nH]n3)cc2)CC1. The van der Waals surface area contributed by atoms with Crippen LogP contribution in [-0.4, -0.2) is 50.0 Å². The highest BCUT2D eigenvalue weighted by atomic mass is 19.4. The number of H-pyrrole nitrogens is 1. The van der Waals surface area contributed by atoms with Crippen LogP contribution < -0.4 is 16.4 Å². The zero-order valence-electron chi connectivity index (χ0n) is 23.1. The Morgan fingerprint density at radius 3 is 2.44 bits per heavy atom. The molecular weight excluding hydrogens is 561 g/mol. The molecule has 1 aliphatic carbocycles. The van der Waals surface area contributed by atoms with Gasteiger partial charge in [0.25, 0.3) is 0 Å². The van der Waals surface area contributed by atoms with Crippen LogP contribution in [0, 0.1) is 11.8 Å². The molecule has 0 aliphatic heterocycles.